The Morgan fingerprint density at radius 1 is 1.24 bits per heavy atom. The van der Waals surface area contributed by atoms with Crippen LogP contribution in [-0.4, -0.2) is 17.5 Å². The zero-order chi connectivity index (χ0) is 20.8. The van der Waals surface area contributed by atoms with Gasteiger partial charge in [-0.3, -0.25) is 9.59 Å². The molecule has 3 aliphatic rings. The number of hydrogen-bond acceptors (Lipinski definition) is 4. The van der Waals surface area contributed by atoms with Crippen molar-refractivity contribution in [3.05, 3.63) is 29.3 Å². The second kappa shape index (κ2) is 7.20. The van der Waals surface area contributed by atoms with Gasteiger partial charge in [-0.1, -0.05) is 25.8 Å². The first kappa shape index (κ1) is 20.0. The Labute approximate surface area is 173 Å². The van der Waals surface area contributed by atoms with Gasteiger partial charge >= 0.3 is 11.9 Å². The van der Waals surface area contributed by atoms with Crippen molar-refractivity contribution in [1.82, 2.24) is 0 Å². The lowest BCUT2D eigenvalue weighted by molar-refractivity contribution is -0.168. The van der Waals surface area contributed by atoms with E-state index in [0.717, 1.165) is 38.5 Å². The second-order valence-electron chi connectivity index (χ2n) is 9.16. The number of ether oxygens (including phenoxy) is 2. The summed E-state index contributed by atoms with van der Waals surface area (Å²) in [6, 6.07) is 6.09. The average Bonchev–Trinajstić information content (AvgIpc) is 2.99. The Morgan fingerprint density at radius 2 is 2.03 bits per heavy atom. The Bertz CT molecular complexity index is 881. The average molecular weight is 395 g/mol. The van der Waals surface area contributed by atoms with E-state index in [1.807, 2.05) is 19.1 Å². The number of hydrogen-bond donors (Lipinski definition) is 0. The van der Waals surface area contributed by atoms with Crippen molar-refractivity contribution >= 4 is 11.9 Å². The molecule has 2 saturated carbocycles. The zero-order valence-corrected chi connectivity index (χ0v) is 17.6. The van der Waals surface area contributed by atoms with Crippen molar-refractivity contribution in [2.45, 2.75) is 77.2 Å². The summed E-state index contributed by atoms with van der Waals surface area (Å²) in [4.78, 5) is 23.4. The summed E-state index contributed by atoms with van der Waals surface area (Å²) in [7, 11) is 0. The smallest absolute Gasteiger partial charge is 0.308 e. The van der Waals surface area contributed by atoms with Crippen molar-refractivity contribution in [2.75, 3.05) is 0 Å². The molecule has 0 heterocycles. The van der Waals surface area contributed by atoms with Gasteiger partial charge in [0.15, 0.2) is 5.60 Å². The van der Waals surface area contributed by atoms with Crippen molar-refractivity contribution in [1.29, 1.82) is 0 Å². The van der Waals surface area contributed by atoms with Crippen LogP contribution in [0.3, 0.4) is 0 Å². The molecule has 1 aromatic carbocycles. The molecule has 4 heteroatoms. The van der Waals surface area contributed by atoms with Crippen LogP contribution in [0, 0.1) is 29.6 Å². The van der Waals surface area contributed by atoms with Gasteiger partial charge in [-0.15, -0.1) is 6.42 Å². The summed E-state index contributed by atoms with van der Waals surface area (Å²) < 4.78 is 11.2. The number of carbonyl (C=O) groups is 2. The van der Waals surface area contributed by atoms with Gasteiger partial charge in [-0.05, 0) is 79.5 Å². The predicted molar refractivity (Wildman–Crippen MR) is 110 cm³/mol. The maximum absolute atomic E-state index is 12.1. The van der Waals surface area contributed by atoms with Crippen LogP contribution in [-0.2, 0) is 20.7 Å². The molecule has 0 N–H and O–H groups in total. The summed E-state index contributed by atoms with van der Waals surface area (Å²) >= 11 is 0. The fourth-order valence-corrected chi connectivity index (χ4v) is 6.49. The van der Waals surface area contributed by atoms with Gasteiger partial charge in [0.25, 0.3) is 0 Å². The van der Waals surface area contributed by atoms with E-state index in [1.54, 1.807) is 0 Å². The van der Waals surface area contributed by atoms with Gasteiger partial charge in [0.2, 0.25) is 0 Å². The molecule has 0 aromatic heterocycles. The number of esters is 2. The lowest BCUT2D eigenvalue weighted by Gasteiger charge is -2.52. The lowest BCUT2D eigenvalue weighted by Crippen LogP contribution is -2.52. The minimum atomic E-state index is -0.769. The fraction of sp³-hybridized carbons (Fsp3) is 0.600. The van der Waals surface area contributed by atoms with E-state index in [2.05, 4.69) is 18.9 Å². The van der Waals surface area contributed by atoms with Crippen LogP contribution in [0.5, 0.6) is 5.75 Å². The molecule has 0 amide bonds. The highest BCUT2D eigenvalue weighted by Crippen LogP contribution is 2.65. The molecule has 0 unspecified atom stereocenters. The fourth-order valence-electron chi connectivity index (χ4n) is 6.49. The number of benzene rings is 1. The molecule has 154 valence electrons. The second-order valence-corrected chi connectivity index (χ2v) is 9.16. The third kappa shape index (κ3) is 3.06. The first-order valence-electron chi connectivity index (χ1n) is 10.8. The van der Waals surface area contributed by atoms with E-state index in [9.17, 15) is 9.59 Å². The highest BCUT2D eigenvalue weighted by molar-refractivity contribution is 5.70. The SMILES string of the molecule is C#C[C@]1(OC(=O)CC)CC[C@H]2[C@@H]3CCc4cc(OC(C)=O)ccc4[C@H]3CC[C@@]21C. The van der Waals surface area contributed by atoms with Gasteiger partial charge in [0.05, 0.1) is 0 Å². The molecule has 0 saturated heterocycles. The summed E-state index contributed by atoms with van der Waals surface area (Å²) in [5.41, 5.74) is 1.76. The maximum atomic E-state index is 12.1. The maximum Gasteiger partial charge on any atom is 0.308 e. The molecule has 1 aromatic rings. The lowest BCUT2D eigenvalue weighted by atomic mass is 9.53. The summed E-state index contributed by atoms with van der Waals surface area (Å²) in [5, 5.41) is 0. The van der Waals surface area contributed by atoms with Gasteiger partial charge in [-0.2, -0.15) is 0 Å². The quantitative estimate of drug-likeness (QED) is 0.420. The topological polar surface area (TPSA) is 52.6 Å². The van der Waals surface area contributed by atoms with Crippen LogP contribution in [0.4, 0.5) is 0 Å². The highest BCUT2D eigenvalue weighted by atomic mass is 16.6. The molecule has 29 heavy (non-hydrogen) atoms. The molecule has 0 bridgehead atoms. The number of carbonyl (C=O) groups excluding carboxylic acids is 2. The van der Waals surface area contributed by atoms with E-state index in [0.29, 0.717) is 29.9 Å². The summed E-state index contributed by atoms with van der Waals surface area (Å²) in [6.07, 6.45) is 12.2. The molecular formula is C25H30O4. The van der Waals surface area contributed by atoms with Crippen LogP contribution in [0.25, 0.3) is 0 Å². The van der Waals surface area contributed by atoms with Crippen LogP contribution >= 0.6 is 0 Å². The minimum absolute atomic E-state index is 0.164. The van der Waals surface area contributed by atoms with E-state index < -0.39 is 5.60 Å². The predicted octanol–water partition coefficient (Wildman–Crippen LogP) is 4.79. The Morgan fingerprint density at radius 3 is 2.72 bits per heavy atom. The van der Waals surface area contributed by atoms with Crippen molar-refractivity contribution in [3.8, 4) is 18.1 Å². The first-order chi connectivity index (χ1) is 13.8. The van der Waals surface area contributed by atoms with Gasteiger partial charge in [0, 0.05) is 18.8 Å². The molecule has 4 rings (SSSR count). The van der Waals surface area contributed by atoms with Crippen molar-refractivity contribution < 1.29 is 19.1 Å². The Balaban J connectivity index is 1.62. The summed E-state index contributed by atoms with van der Waals surface area (Å²) in [6.45, 7) is 5.50. The molecule has 0 aliphatic heterocycles. The van der Waals surface area contributed by atoms with Crippen LogP contribution in [0.1, 0.15) is 76.3 Å². The van der Waals surface area contributed by atoms with Crippen LogP contribution < -0.4 is 4.74 Å². The van der Waals surface area contributed by atoms with E-state index >= 15 is 0 Å². The van der Waals surface area contributed by atoms with Crippen LogP contribution in [0.15, 0.2) is 18.2 Å². The van der Waals surface area contributed by atoms with E-state index in [-0.39, 0.29) is 17.4 Å². The first-order valence-corrected chi connectivity index (χ1v) is 10.8. The van der Waals surface area contributed by atoms with Gasteiger partial charge in [-0.25, -0.2) is 0 Å². The highest BCUT2D eigenvalue weighted by Gasteiger charge is 2.63. The molecule has 4 nitrogen and oxygen atoms in total. The van der Waals surface area contributed by atoms with E-state index in [1.165, 1.54) is 18.1 Å². The minimum Gasteiger partial charge on any atom is -0.445 e. The van der Waals surface area contributed by atoms with E-state index in [4.69, 9.17) is 15.9 Å². The normalized spacial score (nSPS) is 34.9. The van der Waals surface area contributed by atoms with Gasteiger partial charge < -0.3 is 9.47 Å². The number of fused-ring (bicyclic) bond motifs is 5. The van der Waals surface area contributed by atoms with Gasteiger partial charge in [0.1, 0.15) is 5.75 Å². The van der Waals surface area contributed by atoms with Crippen LogP contribution in [0.2, 0.25) is 0 Å². The molecular weight excluding hydrogens is 364 g/mol. The molecule has 2 fully saturated rings. The molecule has 0 radical (unpaired) electrons. The molecule has 3 aliphatic carbocycles. The molecule has 0 spiro atoms. The Kier molecular flexibility index (Phi) is 4.97. The third-order valence-electron chi connectivity index (χ3n) is 7.89. The number of terminal acetylenes is 1. The number of aryl methyl sites for hydroxylation is 1. The van der Waals surface area contributed by atoms with Crippen molar-refractivity contribution in [3.63, 3.8) is 0 Å². The molecule has 5 atom stereocenters. The zero-order valence-electron chi connectivity index (χ0n) is 17.6. The monoisotopic (exact) mass is 394 g/mol. The Hall–Kier alpha value is -2.28. The third-order valence-corrected chi connectivity index (χ3v) is 7.89. The van der Waals surface area contributed by atoms with Crippen molar-refractivity contribution in [2.24, 2.45) is 17.3 Å². The largest absolute Gasteiger partial charge is 0.445 e. The number of rotatable bonds is 3. The standard InChI is InChI=1S/C25H30O4/c1-5-23(27)29-25(6-2)14-12-22-21-9-7-17-15-18(28-16(3)26)8-10-19(17)20(21)11-13-24(22,25)4/h2,8,10,15,20-22H,5,7,9,11-14H2,1,3-4H3/t20-,21-,22+,24+,25+/m1/s1. The summed E-state index contributed by atoms with van der Waals surface area (Å²) in [5.74, 6) is 4.59.